The number of alkyl halides is 3. The third-order valence-electron chi connectivity index (χ3n) is 11.3. The molecular formula is C39H28Cl2F5N5O5. The highest BCUT2D eigenvalue weighted by molar-refractivity contribution is 6.33. The zero-order valence-electron chi connectivity index (χ0n) is 28.9. The summed E-state index contributed by atoms with van der Waals surface area (Å²) in [7, 11) is 1.17. The largest absolute Gasteiger partial charge is 0.505 e. The molecule has 17 heteroatoms. The summed E-state index contributed by atoms with van der Waals surface area (Å²) in [6.07, 6.45) is -3.52. The Kier molecular flexibility index (Phi) is 8.88. The van der Waals surface area contributed by atoms with Crippen LogP contribution in [0, 0.1) is 35.3 Å². The second-order valence-corrected chi connectivity index (χ2v) is 14.9. The number of hydrogen-bond donors (Lipinski definition) is 2. The maximum atomic E-state index is 15.3. The van der Waals surface area contributed by atoms with Gasteiger partial charge in [0.2, 0.25) is 0 Å². The van der Waals surface area contributed by atoms with Crippen molar-refractivity contribution in [1.29, 1.82) is 0 Å². The summed E-state index contributed by atoms with van der Waals surface area (Å²) in [6, 6.07) is 16.3. The minimum absolute atomic E-state index is 0.0742. The molecular weight excluding hydrogens is 784 g/mol. The van der Waals surface area contributed by atoms with Gasteiger partial charge in [0.15, 0.2) is 17.4 Å². The van der Waals surface area contributed by atoms with Crippen LogP contribution in [0.25, 0.3) is 0 Å². The number of phenols is 1. The highest BCUT2D eigenvalue weighted by atomic mass is 35.5. The molecule has 3 fully saturated rings. The van der Waals surface area contributed by atoms with E-state index in [1.54, 1.807) is 18.2 Å². The first kappa shape index (κ1) is 37.4. The van der Waals surface area contributed by atoms with Gasteiger partial charge in [0.25, 0.3) is 23.6 Å². The monoisotopic (exact) mass is 811 g/mol. The van der Waals surface area contributed by atoms with E-state index < -0.39 is 93.7 Å². The van der Waals surface area contributed by atoms with Crippen LogP contribution in [-0.4, -0.2) is 50.8 Å². The van der Waals surface area contributed by atoms with Gasteiger partial charge in [-0.2, -0.15) is 23.2 Å². The maximum Gasteiger partial charge on any atom is 0.433 e. The molecule has 0 bridgehead atoms. The van der Waals surface area contributed by atoms with Gasteiger partial charge < -0.3 is 5.11 Å². The van der Waals surface area contributed by atoms with Crippen molar-refractivity contribution < 1.29 is 46.2 Å². The molecule has 56 heavy (non-hydrogen) atoms. The number of para-hydroxylation sites is 1. The number of anilines is 2. The Morgan fingerprint density at radius 1 is 0.893 bits per heavy atom. The van der Waals surface area contributed by atoms with Crippen LogP contribution in [-0.2, 0) is 30.8 Å². The van der Waals surface area contributed by atoms with Gasteiger partial charge in [-0.1, -0.05) is 59.1 Å². The molecule has 1 aromatic heterocycles. The fourth-order valence-corrected chi connectivity index (χ4v) is 9.31. The number of benzene rings is 3. The minimum atomic E-state index is -4.87. The third kappa shape index (κ3) is 5.53. The van der Waals surface area contributed by atoms with Crippen molar-refractivity contribution in [3.05, 3.63) is 129 Å². The molecule has 2 saturated heterocycles. The molecule has 8 rings (SSSR count). The summed E-state index contributed by atoms with van der Waals surface area (Å²) in [5.74, 6) is -11.9. The number of carbonyl (C=O) groups is 4. The van der Waals surface area contributed by atoms with Gasteiger partial charge in [0.05, 0.1) is 33.9 Å². The van der Waals surface area contributed by atoms with Crippen LogP contribution in [0.4, 0.5) is 33.5 Å². The Bertz CT molecular complexity index is 2360. The second-order valence-electron chi connectivity index (χ2n) is 14.1. The van der Waals surface area contributed by atoms with Gasteiger partial charge in [0.1, 0.15) is 11.5 Å². The van der Waals surface area contributed by atoms with Crippen molar-refractivity contribution in [2.24, 2.45) is 23.7 Å². The number of hydrogen-bond acceptors (Lipinski definition) is 8. The molecule has 0 spiro atoms. The van der Waals surface area contributed by atoms with Gasteiger partial charge in [0, 0.05) is 23.6 Å². The number of carbonyl (C=O) groups excluding carboxylic acids is 4. The number of fused-ring (bicyclic) bond motifs is 4. The summed E-state index contributed by atoms with van der Waals surface area (Å²) < 4.78 is 70.1. The summed E-state index contributed by atoms with van der Waals surface area (Å²) >= 11 is 12.5. The van der Waals surface area contributed by atoms with Gasteiger partial charge >= 0.3 is 6.18 Å². The smallest absolute Gasteiger partial charge is 0.433 e. The molecule has 10 nitrogen and oxygen atoms in total. The molecule has 3 aromatic carbocycles. The van der Waals surface area contributed by atoms with E-state index in [0.29, 0.717) is 21.7 Å². The molecule has 1 saturated carbocycles. The van der Waals surface area contributed by atoms with Crippen LogP contribution in [0.3, 0.4) is 0 Å². The van der Waals surface area contributed by atoms with Gasteiger partial charge in [-0.25, -0.2) is 13.8 Å². The molecule has 2 aliphatic heterocycles. The van der Waals surface area contributed by atoms with E-state index in [9.17, 15) is 37.1 Å². The van der Waals surface area contributed by atoms with Crippen molar-refractivity contribution >= 4 is 58.3 Å². The van der Waals surface area contributed by atoms with Crippen LogP contribution in [0.2, 0.25) is 10.0 Å². The van der Waals surface area contributed by atoms with E-state index in [4.69, 9.17) is 23.2 Å². The molecule has 0 radical (unpaired) electrons. The van der Waals surface area contributed by atoms with Crippen LogP contribution in [0.15, 0.2) is 90.5 Å². The topological polar surface area (TPSA) is 123 Å². The number of nitrogens with zero attached hydrogens (tertiary/aromatic N) is 4. The van der Waals surface area contributed by atoms with Crippen molar-refractivity contribution in [3.63, 3.8) is 0 Å². The lowest BCUT2D eigenvalue weighted by Gasteiger charge is -2.50. The Labute approximate surface area is 325 Å². The number of imide groups is 2. The summed E-state index contributed by atoms with van der Waals surface area (Å²) in [5.41, 5.74) is 0.327. The lowest BCUT2D eigenvalue weighted by atomic mass is 9.49. The average Bonchev–Trinajstić information content (AvgIpc) is 3.54. The predicted molar refractivity (Wildman–Crippen MR) is 192 cm³/mol. The number of halogens is 7. The maximum absolute atomic E-state index is 15.3. The zero-order valence-corrected chi connectivity index (χ0v) is 30.4. The summed E-state index contributed by atoms with van der Waals surface area (Å²) in [5, 5.41) is 13.7. The molecule has 3 heterocycles. The molecule has 2 aliphatic carbocycles. The Morgan fingerprint density at radius 2 is 1.59 bits per heavy atom. The van der Waals surface area contributed by atoms with Crippen LogP contribution in [0.5, 0.6) is 5.75 Å². The number of rotatable bonds is 6. The van der Waals surface area contributed by atoms with Crippen molar-refractivity contribution in [1.82, 2.24) is 15.0 Å². The number of aromatic nitrogens is 1. The SMILES string of the molecule is CN(c1nc(C(F)(F)F)ccc1Cl)N1C(=O)C2CC=C3C(CC4C(=O)N(Nc5ccc(F)cc5)C(=O)C4(c4ccc(Cl)cc4)C3c3cccc(F)c3O)C2C1=O. The zero-order chi connectivity index (χ0) is 40.0. The van der Waals surface area contributed by atoms with E-state index >= 15 is 9.18 Å². The van der Waals surface area contributed by atoms with Crippen molar-refractivity contribution in [2.45, 2.75) is 30.4 Å². The molecule has 4 amide bonds. The second kappa shape index (κ2) is 13.3. The van der Waals surface area contributed by atoms with E-state index in [-0.39, 0.29) is 34.7 Å². The molecule has 4 aliphatic rings. The number of phenolic OH excluding ortho intramolecular Hbond substituents is 1. The van der Waals surface area contributed by atoms with Gasteiger partial charge in [-0.3, -0.25) is 29.6 Å². The highest BCUT2D eigenvalue weighted by Gasteiger charge is 2.71. The number of pyridine rings is 1. The number of nitrogens with one attached hydrogen (secondary N) is 1. The number of aromatic hydroxyl groups is 1. The molecule has 6 unspecified atom stereocenters. The highest BCUT2D eigenvalue weighted by Crippen LogP contribution is 2.65. The lowest BCUT2D eigenvalue weighted by Crippen LogP contribution is -2.53. The summed E-state index contributed by atoms with van der Waals surface area (Å²) in [6.45, 7) is 0. The molecule has 4 aromatic rings. The molecule has 288 valence electrons. The van der Waals surface area contributed by atoms with Gasteiger partial charge in [-0.05, 0) is 78.9 Å². The van der Waals surface area contributed by atoms with Crippen molar-refractivity contribution in [3.8, 4) is 5.75 Å². The first-order valence-electron chi connectivity index (χ1n) is 17.2. The molecule has 2 N–H and O–H groups in total. The number of hydrazine groups is 2. The van der Waals surface area contributed by atoms with Crippen LogP contribution < -0.4 is 10.4 Å². The standard InChI is InChI=1S/C39H28Cl2F5N5O5/c1-49(33-27(41)15-16-29(47-33)39(44,45)46)51-34(53)23-14-13-22-25(30(23)36(51)55)17-26-35(54)50(48-21-11-9-20(42)10-12-21)37(56)38(26,18-5-7-19(40)8-6-18)31(22)24-3-2-4-28(43)32(24)52/h2-13,15-16,23,25-26,30-31,48,52H,14,17H2,1H3. The Hall–Kier alpha value is -5.54. The number of amides is 4. The van der Waals surface area contributed by atoms with E-state index in [1.807, 2.05) is 0 Å². The van der Waals surface area contributed by atoms with E-state index in [0.717, 1.165) is 34.3 Å². The Balaban J connectivity index is 1.29. The van der Waals surface area contributed by atoms with Crippen LogP contribution in [0.1, 0.15) is 35.6 Å². The Morgan fingerprint density at radius 3 is 2.27 bits per heavy atom. The number of allylic oxidation sites excluding steroid dienone is 2. The normalized spacial score (nSPS) is 25.9. The third-order valence-corrected chi connectivity index (χ3v) is 11.8. The predicted octanol–water partition coefficient (Wildman–Crippen LogP) is 7.43. The minimum Gasteiger partial charge on any atom is -0.505 e. The quantitative estimate of drug-likeness (QED) is 0.117. The van der Waals surface area contributed by atoms with E-state index in [1.165, 1.54) is 43.4 Å². The fraction of sp³-hybridized carbons (Fsp3) is 0.256. The van der Waals surface area contributed by atoms with Gasteiger partial charge in [-0.15, -0.1) is 0 Å². The lowest BCUT2D eigenvalue weighted by molar-refractivity contribution is -0.142. The summed E-state index contributed by atoms with van der Waals surface area (Å²) in [4.78, 5) is 62.1. The van der Waals surface area contributed by atoms with Crippen molar-refractivity contribution in [2.75, 3.05) is 17.5 Å². The fourth-order valence-electron chi connectivity index (χ4n) is 8.95. The molecule has 6 atom stereocenters. The van der Waals surface area contributed by atoms with Crippen LogP contribution >= 0.6 is 23.2 Å². The van der Waals surface area contributed by atoms with E-state index in [2.05, 4.69) is 10.4 Å². The average molecular weight is 813 g/mol. The first-order chi connectivity index (χ1) is 26.5. The first-order valence-corrected chi connectivity index (χ1v) is 18.0.